The van der Waals surface area contributed by atoms with Crippen molar-refractivity contribution in [2.24, 2.45) is 0 Å². The van der Waals surface area contributed by atoms with E-state index in [0.29, 0.717) is 6.42 Å². The van der Waals surface area contributed by atoms with Crippen molar-refractivity contribution in [3.05, 3.63) is 66.2 Å². The van der Waals surface area contributed by atoms with E-state index in [-0.39, 0.29) is 11.9 Å². The molecule has 0 N–H and O–H groups in total. The molecule has 0 aliphatic carbocycles. The SMILES string of the molecule is O=C(Cc1cnc2ccccc2c1)N1CCCC1c1ccco1. The molecule has 4 nitrogen and oxygen atoms in total. The number of carbonyl (C=O) groups excluding carboxylic acids is 1. The van der Waals surface area contributed by atoms with Gasteiger partial charge in [0.2, 0.25) is 5.91 Å². The van der Waals surface area contributed by atoms with Crippen molar-refractivity contribution in [3.63, 3.8) is 0 Å². The standard InChI is InChI=1S/C19H18N2O2/c22-19(21-9-3-7-17(21)18-8-4-10-23-18)12-14-11-15-5-1-2-6-16(15)20-13-14/h1-2,4-6,8,10-11,13,17H,3,7,9,12H2. The molecule has 0 saturated carbocycles. The Morgan fingerprint density at radius 2 is 2.17 bits per heavy atom. The van der Waals surface area contributed by atoms with E-state index in [2.05, 4.69) is 11.1 Å². The first-order chi connectivity index (χ1) is 11.3. The molecule has 1 aromatic carbocycles. The minimum Gasteiger partial charge on any atom is -0.467 e. The summed E-state index contributed by atoms with van der Waals surface area (Å²) in [5.41, 5.74) is 1.91. The van der Waals surface area contributed by atoms with Gasteiger partial charge in [-0.15, -0.1) is 0 Å². The first-order valence-electron chi connectivity index (χ1n) is 7.98. The van der Waals surface area contributed by atoms with E-state index in [4.69, 9.17) is 4.42 Å². The van der Waals surface area contributed by atoms with Crippen LogP contribution in [0.25, 0.3) is 10.9 Å². The quantitative estimate of drug-likeness (QED) is 0.740. The molecule has 1 aliphatic heterocycles. The average Bonchev–Trinajstić information content (AvgIpc) is 3.25. The van der Waals surface area contributed by atoms with Crippen LogP contribution in [0.1, 0.15) is 30.2 Å². The molecule has 0 spiro atoms. The van der Waals surface area contributed by atoms with Crippen LogP contribution in [0.3, 0.4) is 0 Å². The van der Waals surface area contributed by atoms with Crippen LogP contribution >= 0.6 is 0 Å². The summed E-state index contributed by atoms with van der Waals surface area (Å²) in [5, 5.41) is 1.07. The molecule has 4 rings (SSSR count). The fourth-order valence-corrected chi connectivity index (χ4v) is 3.33. The normalized spacial score (nSPS) is 17.7. The molecule has 23 heavy (non-hydrogen) atoms. The van der Waals surface area contributed by atoms with Crippen LogP contribution in [0.2, 0.25) is 0 Å². The first kappa shape index (κ1) is 14.0. The van der Waals surface area contributed by atoms with E-state index >= 15 is 0 Å². The molecule has 2 aromatic heterocycles. The maximum absolute atomic E-state index is 12.7. The lowest BCUT2D eigenvalue weighted by Gasteiger charge is -2.23. The lowest BCUT2D eigenvalue weighted by molar-refractivity contribution is -0.131. The zero-order valence-corrected chi connectivity index (χ0v) is 12.8. The topological polar surface area (TPSA) is 46.3 Å². The summed E-state index contributed by atoms with van der Waals surface area (Å²) in [4.78, 5) is 19.1. The second-order valence-corrected chi connectivity index (χ2v) is 5.97. The Bertz CT molecular complexity index is 826. The number of para-hydroxylation sites is 1. The number of hydrogen-bond donors (Lipinski definition) is 0. The van der Waals surface area contributed by atoms with Gasteiger partial charge >= 0.3 is 0 Å². The van der Waals surface area contributed by atoms with Crippen LogP contribution in [0.4, 0.5) is 0 Å². The summed E-state index contributed by atoms with van der Waals surface area (Å²) >= 11 is 0. The highest BCUT2D eigenvalue weighted by atomic mass is 16.3. The Morgan fingerprint density at radius 1 is 1.26 bits per heavy atom. The predicted molar refractivity (Wildman–Crippen MR) is 87.8 cm³/mol. The number of carbonyl (C=O) groups is 1. The van der Waals surface area contributed by atoms with E-state index in [1.807, 2.05) is 41.3 Å². The molecule has 3 aromatic rings. The third kappa shape index (κ3) is 2.72. The van der Waals surface area contributed by atoms with Gasteiger partial charge in [-0.3, -0.25) is 9.78 Å². The number of hydrogen-bond acceptors (Lipinski definition) is 3. The van der Waals surface area contributed by atoms with Crippen LogP contribution in [0.15, 0.2) is 59.3 Å². The molecule has 1 atom stereocenters. The fraction of sp³-hybridized carbons (Fsp3) is 0.263. The number of fused-ring (bicyclic) bond motifs is 1. The second kappa shape index (κ2) is 5.88. The number of aromatic nitrogens is 1. The number of nitrogens with zero attached hydrogens (tertiary/aromatic N) is 2. The summed E-state index contributed by atoms with van der Waals surface area (Å²) in [6.07, 6.45) is 5.85. The Balaban J connectivity index is 1.54. The number of likely N-dealkylation sites (tertiary alicyclic amines) is 1. The van der Waals surface area contributed by atoms with Crippen molar-refractivity contribution >= 4 is 16.8 Å². The molecule has 4 heteroatoms. The lowest BCUT2D eigenvalue weighted by atomic mass is 10.1. The molecule has 116 valence electrons. The molecule has 3 heterocycles. The summed E-state index contributed by atoms with van der Waals surface area (Å²) in [7, 11) is 0. The van der Waals surface area contributed by atoms with Gasteiger partial charge in [-0.25, -0.2) is 0 Å². The van der Waals surface area contributed by atoms with E-state index in [0.717, 1.165) is 41.6 Å². The molecule has 1 unspecified atom stereocenters. The van der Waals surface area contributed by atoms with Gasteiger partial charge < -0.3 is 9.32 Å². The smallest absolute Gasteiger partial charge is 0.227 e. The second-order valence-electron chi connectivity index (χ2n) is 5.97. The fourth-order valence-electron chi connectivity index (χ4n) is 3.33. The van der Waals surface area contributed by atoms with Crippen molar-refractivity contribution in [1.29, 1.82) is 0 Å². The predicted octanol–water partition coefficient (Wildman–Crippen LogP) is 3.73. The molecule has 1 saturated heterocycles. The van der Waals surface area contributed by atoms with Crippen LogP contribution in [-0.4, -0.2) is 22.3 Å². The van der Waals surface area contributed by atoms with Gasteiger partial charge in [-0.2, -0.15) is 0 Å². The maximum Gasteiger partial charge on any atom is 0.227 e. The van der Waals surface area contributed by atoms with Crippen LogP contribution < -0.4 is 0 Å². The van der Waals surface area contributed by atoms with Crippen molar-refractivity contribution in [1.82, 2.24) is 9.88 Å². The first-order valence-corrected chi connectivity index (χ1v) is 7.98. The van der Waals surface area contributed by atoms with Crippen LogP contribution in [0, 0.1) is 0 Å². The molecule has 1 aliphatic rings. The van der Waals surface area contributed by atoms with Gasteiger partial charge in [-0.1, -0.05) is 18.2 Å². The molecular weight excluding hydrogens is 288 g/mol. The average molecular weight is 306 g/mol. The van der Waals surface area contributed by atoms with Crippen LogP contribution in [0.5, 0.6) is 0 Å². The van der Waals surface area contributed by atoms with E-state index < -0.39 is 0 Å². The van der Waals surface area contributed by atoms with Crippen LogP contribution in [-0.2, 0) is 11.2 Å². The maximum atomic E-state index is 12.7. The number of rotatable bonds is 3. The summed E-state index contributed by atoms with van der Waals surface area (Å²) in [6, 6.07) is 13.9. The van der Waals surface area contributed by atoms with Gasteiger partial charge in [0.1, 0.15) is 5.76 Å². The monoisotopic (exact) mass is 306 g/mol. The molecular formula is C19H18N2O2. The van der Waals surface area contributed by atoms with Gasteiger partial charge in [0, 0.05) is 18.1 Å². The third-order valence-electron chi connectivity index (χ3n) is 4.45. The summed E-state index contributed by atoms with van der Waals surface area (Å²) < 4.78 is 5.50. The Morgan fingerprint density at radius 3 is 3.04 bits per heavy atom. The zero-order valence-electron chi connectivity index (χ0n) is 12.8. The summed E-state index contributed by atoms with van der Waals surface area (Å²) in [5.74, 6) is 1.02. The highest BCUT2D eigenvalue weighted by Gasteiger charge is 2.31. The van der Waals surface area contributed by atoms with Crippen molar-refractivity contribution in [2.75, 3.05) is 6.54 Å². The molecule has 0 bridgehead atoms. The third-order valence-corrected chi connectivity index (χ3v) is 4.45. The highest BCUT2D eigenvalue weighted by Crippen LogP contribution is 2.32. The number of benzene rings is 1. The lowest BCUT2D eigenvalue weighted by Crippen LogP contribution is -2.31. The Labute approximate surface area is 134 Å². The van der Waals surface area contributed by atoms with E-state index in [9.17, 15) is 4.79 Å². The summed E-state index contributed by atoms with van der Waals surface area (Å²) in [6.45, 7) is 0.797. The Kier molecular flexibility index (Phi) is 3.58. The number of amides is 1. The number of furan rings is 1. The van der Waals surface area contributed by atoms with Gasteiger partial charge in [-0.05, 0) is 42.7 Å². The Hall–Kier alpha value is -2.62. The number of pyridine rings is 1. The minimum absolute atomic E-state index is 0.0749. The molecule has 1 fully saturated rings. The minimum atomic E-state index is 0.0749. The molecule has 1 amide bonds. The van der Waals surface area contributed by atoms with Crippen molar-refractivity contribution in [2.45, 2.75) is 25.3 Å². The van der Waals surface area contributed by atoms with E-state index in [1.165, 1.54) is 0 Å². The largest absolute Gasteiger partial charge is 0.467 e. The van der Waals surface area contributed by atoms with Gasteiger partial charge in [0.25, 0.3) is 0 Å². The van der Waals surface area contributed by atoms with Crippen molar-refractivity contribution in [3.8, 4) is 0 Å². The van der Waals surface area contributed by atoms with Crippen molar-refractivity contribution < 1.29 is 9.21 Å². The van der Waals surface area contributed by atoms with Gasteiger partial charge in [0.15, 0.2) is 0 Å². The van der Waals surface area contributed by atoms with Gasteiger partial charge in [0.05, 0.1) is 24.2 Å². The molecule has 0 radical (unpaired) electrons. The highest BCUT2D eigenvalue weighted by molar-refractivity contribution is 5.83. The van der Waals surface area contributed by atoms with E-state index in [1.54, 1.807) is 12.5 Å². The zero-order chi connectivity index (χ0) is 15.6.